The van der Waals surface area contributed by atoms with Crippen LogP contribution in [0.3, 0.4) is 0 Å². The molecule has 198 valence electrons. The molecule has 1 amide bonds. The molecule has 0 saturated carbocycles. The second-order valence-electron chi connectivity index (χ2n) is 9.14. The molecule has 2 atom stereocenters. The first-order chi connectivity index (χ1) is 18.0. The molecule has 2 aliphatic rings. The average molecular weight is 510 g/mol. The van der Waals surface area contributed by atoms with Gasteiger partial charge in [-0.2, -0.15) is 5.10 Å². The third-order valence-electron chi connectivity index (χ3n) is 6.86. The van der Waals surface area contributed by atoms with Crippen molar-refractivity contribution < 1.29 is 28.5 Å². The van der Waals surface area contributed by atoms with Crippen molar-refractivity contribution in [2.45, 2.75) is 32.2 Å². The zero-order valence-electron chi connectivity index (χ0n) is 21.9. The number of carbonyl (C=O) groups excluding carboxylic acids is 2. The molecule has 0 unspecified atom stereocenters. The second kappa shape index (κ2) is 12.1. The van der Waals surface area contributed by atoms with E-state index in [2.05, 4.69) is 0 Å². The van der Waals surface area contributed by atoms with Crippen LogP contribution in [0.5, 0.6) is 17.2 Å². The summed E-state index contributed by atoms with van der Waals surface area (Å²) in [7, 11) is 4.81. The van der Waals surface area contributed by atoms with Crippen molar-refractivity contribution in [3.63, 3.8) is 0 Å². The molecule has 37 heavy (non-hydrogen) atoms. The fraction of sp³-hybridized carbons (Fsp3) is 0.464. The Hall–Kier alpha value is -3.59. The number of methoxy groups -OCH3 is 3. The SMILES string of the molecule is CCOC(=O)[C@H]1CCCN(CC(=O)N2N=C(c3ccc(OC)c(OC)c3)C[C@@H]2c2ccccc2OC)C1. The lowest BCUT2D eigenvalue weighted by atomic mass is 9.97. The number of likely N-dealkylation sites (tertiary alicyclic amines) is 1. The number of esters is 1. The number of carbonyl (C=O) groups is 2. The van der Waals surface area contributed by atoms with E-state index in [9.17, 15) is 9.59 Å². The summed E-state index contributed by atoms with van der Waals surface area (Å²) in [6.07, 6.45) is 2.14. The number of para-hydroxylation sites is 1. The molecular weight excluding hydrogens is 474 g/mol. The smallest absolute Gasteiger partial charge is 0.310 e. The quantitative estimate of drug-likeness (QED) is 0.477. The highest BCUT2D eigenvalue weighted by Crippen LogP contribution is 2.39. The Kier molecular flexibility index (Phi) is 8.66. The summed E-state index contributed by atoms with van der Waals surface area (Å²) in [5.41, 5.74) is 2.52. The predicted octanol–water partition coefficient (Wildman–Crippen LogP) is 3.67. The van der Waals surface area contributed by atoms with Gasteiger partial charge in [0.2, 0.25) is 0 Å². The highest BCUT2D eigenvalue weighted by Gasteiger charge is 2.36. The van der Waals surface area contributed by atoms with Gasteiger partial charge in [0.25, 0.3) is 5.91 Å². The van der Waals surface area contributed by atoms with E-state index in [1.807, 2.05) is 47.4 Å². The van der Waals surface area contributed by atoms with Gasteiger partial charge in [-0.3, -0.25) is 14.5 Å². The van der Waals surface area contributed by atoms with E-state index in [0.717, 1.165) is 36.2 Å². The molecule has 2 heterocycles. The van der Waals surface area contributed by atoms with E-state index in [-0.39, 0.29) is 30.4 Å². The van der Waals surface area contributed by atoms with Gasteiger partial charge < -0.3 is 18.9 Å². The van der Waals surface area contributed by atoms with Crippen LogP contribution in [0.4, 0.5) is 0 Å². The van der Waals surface area contributed by atoms with Gasteiger partial charge in [0.05, 0.1) is 52.2 Å². The Balaban J connectivity index is 1.60. The van der Waals surface area contributed by atoms with Crippen LogP contribution in [0.15, 0.2) is 47.6 Å². The van der Waals surface area contributed by atoms with Gasteiger partial charge in [0, 0.05) is 24.1 Å². The molecule has 9 heteroatoms. The number of benzene rings is 2. The van der Waals surface area contributed by atoms with Crippen molar-refractivity contribution in [2.75, 3.05) is 47.6 Å². The Morgan fingerprint density at radius 2 is 1.76 bits per heavy atom. The maximum atomic E-state index is 13.7. The number of piperidine rings is 1. The van der Waals surface area contributed by atoms with E-state index < -0.39 is 0 Å². The topological polar surface area (TPSA) is 89.9 Å². The van der Waals surface area contributed by atoms with Crippen LogP contribution in [0.1, 0.15) is 43.4 Å². The molecule has 9 nitrogen and oxygen atoms in total. The lowest BCUT2D eigenvalue weighted by Crippen LogP contribution is -2.44. The van der Waals surface area contributed by atoms with Crippen molar-refractivity contribution >= 4 is 17.6 Å². The zero-order valence-corrected chi connectivity index (χ0v) is 21.9. The van der Waals surface area contributed by atoms with Crippen molar-refractivity contribution in [3.8, 4) is 17.2 Å². The van der Waals surface area contributed by atoms with Crippen molar-refractivity contribution in [3.05, 3.63) is 53.6 Å². The highest BCUT2D eigenvalue weighted by atomic mass is 16.5. The van der Waals surface area contributed by atoms with E-state index in [1.54, 1.807) is 33.3 Å². The van der Waals surface area contributed by atoms with Crippen LogP contribution in [0.25, 0.3) is 0 Å². The summed E-state index contributed by atoms with van der Waals surface area (Å²) < 4.78 is 21.7. The van der Waals surface area contributed by atoms with Crippen molar-refractivity contribution in [1.82, 2.24) is 9.91 Å². The maximum absolute atomic E-state index is 13.7. The van der Waals surface area contributed by atoms with Gasteiger partial charge in [-0.15, -0.1) is 0 Å². The number of hydrazone groups is 1. The third-order valence-corrected chi connectivity index (χ3v) is 6.86. The number of ether oxygens (including phenoxy) is 4. The Morgan fingerprint density at radius 3 is 2.49 bits per heavy atom. The van der Waals surface area contributed by atoms with Crippen LogP contribution in [-0.4, -0.2) is 75.1 Å². The minimum atomic E-state index is -0.322. The van der Waals surface area contributed by atoms with E-state index in [4.69, 9.17) is 24.0 Å². The lowest BCUT2D eigenvalue weighted by Gasteiger charge is -2.32. The molecule has 0 aliphatic carbocycles. The van der Waals surface area contributed by atoms with Crippen LogP contribution in [0, 0.1) is 5.92 Å². The van der Waals surface area contributed by atoms with Gasteiger partial charge in [-0.1, -0.05) is 18.2 Å². The minimum Gasteiger partial charge on any atom is -0.496 e. The Labute approximate surface area is 217 Å². The molecule has 1 saturated heterocycles. The number of hydrogen-bond donors (Lipinski definition) is 0. The molecule has 0 spiro atoms. The Bertz CT molecular complexity index is 1150. The van der Waals surface area contributed by atoms with Gasteiger partial charge in [-0.25, -0.2) is 5.01 Å². The van der Waals surface area contributed by atoms with Crippen LogP contribution in [0.2, 0.25) is 0 Å². The number of hydrogen-bond acceptors (Lipinski definition) is 8. The van der Waals surface area contributed by atoms with Crippen LogP contribution in [-0.2, 0) is 14.3 Å². The lowest BCUT2D eigenvalue weighted by molar-refractivity contribution is -0.150. The number of amides is 1. The number of nitrogens with zero attached hydrogens (tertiary/aromatic N) is 3. The van der Waals surface area contributed by atoms with Crippen LogP contribution < -0.4 is 14.2 Å². The molecule has 2 aliphatic heterocycles. The zero-order chi connectivity index (χ0) is 26.4. The molecule has 4 rings (SSSR count). The highest BCUT2D eigenvalue weighted by molar-refractivity contribution is 6.03. The van der Waals surface area contributed by atoms with E-state index in [1.165, 1.54) is 0 Å². The fourth-order valence-corrected chi connectivity index (χ4v) is 5.03. The first-order valence-electron chi connectivity index (χ1n) is 12.6. The summed E-state index contributed by atoms with van der Waals surface area (Å²) in [6.45, 7) is 3.59. The molecule has 2 aromatic rings. The molecule has 1 fully saturated rings. The normalized spacial score (nSPS) is 19.8. The largest absolute Gasteiger partial charge is 0.496 e. The van der Waals surface area contributed by atoms with Crippen molar-refractivity contribution in [2.24, 2.45) is 11.0 Å². The predicted molar refractivity (Wildman–Crippen MR) is 139 cm³/mol. The number of rotatable bonds is 9. The summed E-state index contributed by atoms with van der Waals surface area (Å²) in [6, 6.07) is 13.0. The standard InChI is InChI=1S/C28H35N3O6/c1-5-37-28(33)20-9-8-14-30(17-20)18-27(32)31-23(21-10-6-7-11-24(21)34-2)16-22(29-31)19-12-13-25(35-3)26(15-19)36-4/h6-7,10-13,15,20,23H,5,8-9,14,16-18H2,1-4H3/t20-,23+/m0/s1. The summed E-state index contributed by atoms with van der Waals surface area (Å²) in [5.74, 6) is 1.39. The molecule has 0 bridgehead atoms. The minimum absolute atomic E-state index is 0.129. The van der Waals surface area contributed by atoms with Crippen LogP contribution >= 0.6 is 0 Å². The molecule has 0 radical (unpaired) electrons. The van der Waals surface area contributed by atoms with E-state index >= 15 is 0 Å². The van der Waals surface area contributed by atoms with Gasteiger partial charge >= 0.3 is 5.97 Å². The molecule has 2 aromatic carbocycles. The van der Waals surface area contributed by atoms with Gasteiger partial charge in [0.15, 0.2) is 11.5 Å². The third kappa shape index (κ3) is 5.88. The van der Waals surface area contributed by atoms with Crippen molar-refractivity contribution in [1.29, 1.82) is 0 Å². The summed E-state index contributed by atoms with van der Waals surface area (Å²) >= 11 is 0. The maximum Gasteiger partial charge on any atom is 0.310 e. The Morgan fingerprint density at radius 1 is 1.00 bits per heavy atom. The molecular formula is C28H35N3O6. The monoisotopic (exact) mass is 509 g/mol. The fourth-order valence-electron chi connectivity index (χ4n) is 5.03. The summed E-state index contributed by atoms with van der Waals surface area (Å²) in [5, 5.41) is 6.37. The second-order valence-corrected chi connectivity index (χ2v) is 9.14. The summed E-state index contributed by atoms with van der Waals surface area (Å²) in [4.78, 5) is 28.0. The first-order valence-corrected chi connectivity index (χ1v) is 12.6. The molecule has 0 N–H and O–H groups in total. The molecule has 0 aromatic heterocycles. The first kappa shape index (κ1) is 26.5. The van der Waals surface area contributed by atoms with Gasteiger partial charge in [-0.05, 0) is 50.6 Å². The average Bonchev–Trinajstić information content (AvgIpc) is 3.38. The van der Waals surface area contributed by atoms with Gasteiger partial charge in [0.1, 0.15) is 5.75 Å². The van der Waals surface area contributed by atoms with E-state index in [0.29, 0.717) is 36.8 Å².